The van der Waals surface area contributed by atoms with Crippen LogP contribution < -0.4 is 0 Å². The molecule has 0 unspecified atom stereocenters. The molecule has 1 aromatic rings. The van der Waals surface area contributed by atoms with E-state index in [9.17, 15) is 4.79 Å². The molecule has 0 spiro atoms. The Bertz CT molecular complexity index is 316. The highest BCUT2D eigenvalue weighted by Crippen LogP contribution is 2.27. The zero-order chi connectivity index (χ0) is 10.6. The van der Waals surface area contributed by atoms with E-state index >= 15 is 0 Å². The number of carbonyl (C=O) groups excluding carboxylic acids is 1. The number of benzene rings is 1. The lowest BCUT2D eigenvalue weighted by Crippen LogP contribution is -2.02. The molecule has 1 aromatic carbocycles. The molecule has 0 atom stereocenters. The second-order valence-corrected chi connectivity index (χ2v) is 4.09. The van der Waals surface area contributed by atoms with E-state index in [2.05, 4.69) is 29.8 Å². The molecule has 0 aliphatic carbocycles. The summed E-state index contributed by atoms with van der Waals surface area (Å²) < 4.78 is -0.0139. The van der Waals surface area contributed by atoms with Gasteiger partial charge in [0.1, 0.15) is 0 Å². The third-order valence-electron chi connectivity index (χ3n) is 2.60. The number of carbonyl (C=O) groups is 1. The quantitative estimate of drug-likeness (QED) is 0.739. The minimum atomic E-state index is -0.0139. The molecule has 0 amide bonds. The molecule has 0 aliphatic rings. The fraction of sp³-hybridized carbons (Fsp3) is 0.417. The summed E-state index contributed by atoms with van der Waals surface area (Å²) in [7, 11) is 0. The second-order valence-electron chi connectivity index (χ2n) is 3.37. The van der Waals surface area contributed by atoms with Crippen molar-refractivity contribution in [2.75, 3.05) is 0 Å². The Hall–Kier alpha value is -0.630. The normalized spacial score (nSPS) is 10.6. The van der Waals surface area contributed by atoms with Crippen LogP contribution in [-0.2, 0) is 0 Å². The lowest BCUT2D eigenvalue weighted by atomic mass is 9.90. The number of rotatable bonds is 4. The SMILES string of the molecule is CCC(CC)c1ccccc1C(=O)Br. The Kier molecular flexibility index (Phi) is 4.33. The molecule has 0 bridgehead atoms. The van der Waals surface area contributed by atoms with E-state index in [0.29, 0.717) is 5.92 Å². The van der Waals surface area contributed by atoms with Crippen LogP contribution in [0.25, 0.3) is 0 Å². The molecular formula is C12H15BrO. The average molecular weight is 255 g/mol. The van der Waals surface area contributed by atoms with Crippen LogP contribution in [0.4, 0.5) is 0 Å². The maximum absolute atomic E-state index is 11.3. The molecule has 0 saturated carbocycles. The van der Waals surface area contributed by atoms with Crippen LogP contribution in [0.1, 0.15) is 48.5 Å². The van der Waals surface area contributed by atoms with Crippen molar-refractivity contribution in [3.05, 3.63) is 35.4 Å². The van der Waals surface area contributed by atoms with Crippen LogP contribution in [0.2, 0.25) is 0 Å². The van der Waals surface area contributed by atoms with E-state index in [1.54, 1.807) is 0 Å². The second kappa shape index (κ2) is 5.30. The van der Waals surface area contributed by atoms with Crippen molar-refractivity contribution < 1.29 is 4.79 Å². The molecule has 0 saturated heterocycles. The Morgan fingerprint density at radius 3 is 2.36 bits per heavy atom. The lowest BCUT2D eigenvalue weighted by molar-refractivity contribution is 0.109. The van der Waals surface area contributed by atoms with Gasteiger partial charge in [-0.25, -0.2) is 0 Å². The standard InChI is InChI=1S/C12H15BrO/c1-3-9(4-2)10-7-5-6-8-11(10)12(13)14/h5-9H,3-4H2,1-2H3. The zero-order valence-corrected chi connectivity index (χ0v) is 10.2. The summed E-state index contributed by atoms with van der Waals surface area (Å²) in [5, 5.41) is 0. The Morgan fingerprint density at radius 2 is 1.86 bits per heavy atom. The first-order chi connectivity index (χ1) is 6.70. The molecule has 0 heterocycles. The van der Waals surface area contributed by atoms with Gasteiger partial charge in [0, 0.05) is 5.56 Å². The molecule has 2 heteroatoms. The van der Waals surface area contributed by atoms with Gasteiger partial charge in [-0.05, 0) is 40.3 Å². The Balaban J connectivity index is 3.11. The third-order valence-corrected chi connectivity index (χ3v) is 3.03. The largest absolute Gasteiger partial charge is 0.281 e. The summed E-state index contributed by atoms with van der Waals surface area (Å²) >= 11 is 3.02. The Labute approximate surface area is 93.7 Å². The molecule has 76 valence electrons. The minimum absolute atomic E-state index is 0.0139. The summed E-state index contributed by atoms with van der Waals surface area (Å²) in [6.45, 7) is 4.31. The highest BCUT2D eigenvalue weighted by Gasteiger charge is 2.14. The number of halogens is 1. The summed E-state index contributed by atoms with van der Waals surface area (Å²) in [6.07, 6.45) is 2.15. The van der Waals surface area contributed by atoms with Crippen molar-refractivity contribution >= 4 is 20.6 Å². The summed E-state index contributed by atoms with van der Waals surface area (Å²) in [4.78, 5) is 11.3. The summed E-state index contributed by atoms with van der Waals surface area (Å²) in [6, 6.07) is 7.82. The van der Waals surface area contributed by atoms with Crippen LogP contribution in [0.5, 0.6) is 0 Å². The van der Waals surface area contributed by atoms with Crippen LogP contribution in [0, 0.1) is 0 Å². The van der Waals surface area contributed by atoms with E-state index in [-0.39, 0.29) is 4.69 Å². The maximum Gasteiger partial charge on any atom is 0.228 e. The van der Waals surface area contributed by atoms with Gasteiger partial charge in [0.15, 0.2) is 0 Å². The van der Waals surface area contributed by atoms with Gasteiger partial charge in [0.05, 0.1) is 0 Å². The summed E-state index contributed by atoms with van der Waals surface area (Å²) in [5.41, 5.74) is 1.97. The molecule has 0 N–H and O–H groups in total. The van der Waals surface area contributed by atoms with Crippen molar-refractivity contribution in [1.29, 1.82) is 0 Å². The molecule has 1 rings (SSSR count). The molecule has 0 radical (unpaired) electrons. The minimum Gasteiger partial charge on any atom is -0.281 e. The zero-order valence-electron chi connectivity index (χ0n) is 8.59. The van der Waals surface area contributed by atoms with Crippen molar-refractivity contribution in [2.24, 2.45) is 0 Å². The van der Waals surface area contributed by atoms with Crippen molar-refractivity contribution in [1.82, 2.24) is 0 Å². The van der Waals surface area contributed by atoms with Gasteiger partial charge in [-0.2, -0.15) is 0 Å². The third kappa shape index (κ3) is 2.44. The molecule has 0 aliphatic heterocycles. The number of hydrogen-bond acceptors (Lipinski definition) is 1. The molecule has 1 nitrogen and oxygen atoms in total. The van der Waals surface area contributed by atoms with Gasteiger partial charge in [-0.15, -0.1) is 0 Å². The molecular weight excluding hydrogens is 240 g/mol. The monoisotopic (exact) mass is 254 g/mol. The smallest absolute Gasteiger partial charge is 0.228 e. The lowest BCUT2D eigenvalue weighted by Gasteiger charge is -2.15. The van der Waals surface area contributed by atoms with E-state index in [0.717, 1.165) is 18.4 Å². The van der Waals surface area contributed by atoms with Crippen molar-refractivity contribution in [3.63, 3.8) is 0 Å². The first kappa shape index (κ1) is 11.4. The van der Waals surface area contributed by atoms with Crippen LogP contribution in [0.3, 0.4) is 0 Å². The predicted octanol–water partition coefficient (Wildman–Crippen LogP) is 4.13. The molecule has 14 heavy (non-hydrogen) atoms. The van der Waals surface area contributed by atoms with E-state index in [4.69, 9.17) is 0 Å². The first-order valence-electron chi connectivity index (χ1n) is 4.99. The topological polar surface area (TPSA) is 17.1 Å². The fourth-order valence-corrected chi connectivity index (χ4v) is 2.12. The van der Waals surface area contributed by atoms with Gasteiger partial charge in [-0.1, -0.05) is 38.1 Å². The maximum atomic E-state index is 11.3. The first-order valence-corrected chi connectivity index (χ1v) is 5.78. The highest BCUT2D eigenvalue weighted by molar-refractivity contribution is 9.18. The van der Waals surface area contributed by atoms with E-state index in [1.165, 1.54) is 5.56 Å². The highest BCUT2D eigenvalue weighted by atomic mass is 79.9. The van der Waals surface area contributed by atoms with Gasteiger partial charge in [0.2, 0.25) is 4.69 Å². The Morgan fingerprint density at radius 1 is 1.29 bits per heavy atom. The average Bonchev–Trinajstić information content (AvgIpc) is 2.20. The predicted molar refractivity (Wildman–Crippen MR) is 63.0 cm³/mol. The molecule has 0 fully saturated rings. The van der Waals surface area contributed by atoms with Crippen LogP contribution in [0.15, 0.2) is 24.3 Å². The van der Waals surface area contributed by atoms with E-state index < -0.39 is 0 Å². The van der Waals surface area contributed by atoms with Crippen LogP contribution >= 0.6 is 15.9 Å². The van der Waals surface area contributed by atoms with Crippen molar-refractivity contribution in [3.8, 4) is 0 Å². The van der Waals surface area contributed by atoms with Crippen LogP contribution in [-0.4, -0.2) is 4.69 Å². The van der Waals surface area contributed by atoms with Gasteiger partial charge in [0.25, 0.3) is 0 Å². The number of hydrogen-bond donors (Lipinski definition) is 0. The van der Waals surface area contributed by atoms with Gasteiger partial charge >= 0.3 is 0 Å². The summed E-state index contributed by atoms with van der Waals surface area (Å²) in [5.74, 6) is 0.493. The van der Waals surface area contributed by atoms with Crippen molar-refractivity contribution in [2.45, 2.75) is 32.6 Å². The van der Waals surface area contributed by atoms with E-state index in [1.807, 2.05) is 24.3 Å². The fourth-order valence-electron chi connectivity index (χ4n) is 1.76. The van der Waals surface area contributed by atoms with Gasteiger partial charge < -0.3 is 0 Å². The molecule has 0 aromatic heterocycles. The van der Waals surface area contributed by atoms with Gasteiger partial charge in [-0.3, -0.25) is 4.79 Å².